The molecule has 0 unspecified atom stereocenters. The number of hydrogen-bond donors (Lipinski definition) is 1. The number of anilines is 1. The highest BCUT2D eigenvalue weighted by molar-refractivity contribution is 7.99. The van der Waals surface area contributed by atoms with Crippen LogP contribution >= 0.6 is 11.8 Å². The molecule has 28 heavy (non-hydrogen) atoms. The van der Waals surface area contributed by atoms with Gasteiger partial charge in [0.25, 0.3) is 0 Å². The molecule has 0 aliphatic rings. The first kappa shape index (κ1) is 19.6. The van der Waals surface area contributed by atoms with Crippen LogP contribution in [0.2, 0.25) is 0 Å². The molecule has 2 aromatic carbocycles. The predicted molar refractivity (Wildman–Crippen MR) is 108 cm³/mol. The van der Waals surface area contributed by atoms with Crippen molar-refractivity contribution >= 4 is 29.3 Å². The average Bonchev–Trinajstić information content (AvgIpc) is 3.09. The number of carbonyl (C=O) groups excluding carboxylic acids is 2. The lowest BCUT2D eigenvalue weighted by molar-refractivity contribution is -0.115. The fourth-order valence-corrected chi connectivity index (χ4v) is 3.39. The van der Waals surface area contributed by atoms with Crippen molar-refractivity contribution in [3.8, 4) is 11.4 Å². The molecular weight excluding hydrogens is 376 g/mol. The first-order chi connectivity index (χ1) is 13.6. The summed E-state index contributed by atoms with van der Waals surface area (Å²) < 4.78 is 6.57. The minimum absolute atomic E-state index is 0.108. The second-order valence-corrected chi connectivity index (χ2v) is 7.01. The minimum Gasteiger partial charge on any atom is -0.465 e. The highest BCUT2D eigenvalue weighted by atomic mass is 32.2. The number of nitrogens with zero attached hydrogens (tertiary/aromatic N) is 3. The highest BCUT2D eigenvalue weighted by Crippen LogP contribution is 2.23. The number of benzene rings is 2. The summed E-state index contributed by atoms with van der Waals surface area (Å²) in [7, 11) is 3.24. The minimum atomic E-state index is -0.409. The average molecular weight is 396 g/mol. The fraction of sp³-hybridized carbons (Fsp3) is 0.200. The number of thioether (sulfide) groups is 1. The molecule has 1 N–H and O–H groups in total. The topological polar surface area (TPSA) is 86.1 Å². The zero-order chi connectivity index (χ0) is 19.9. The second kappa shape index (κ2) is 9.18. The Balaban J connectivity index is 1.51. The standard InChI is InChI=1S/C20H20N4O3S/c1-24-18(14-6-4-3-5-7-14)22-23-20(24)28-13-12-17(25)21-16-10-8-15(9-11-16)19(26)27-2/h3-11H,12-13H2,1-2H3,(H,21,25). The van der Waals surface area contributed by atoms with Gasteiger partial charge in [-0.3, -0.25) is 4.79 Å². The first-order valence-corrected chi connectivity index (χ1v) is 9.63. The molecule has 0 bridgehead atoms. The molecule has 8 heteroatoms. The van der Waals surface area contributed by atoms with Crippen LogP contribution in [0.5, 0.6) is 0 Å². The largest absolute Gasteiger partial charge is 0.465 e. The molecule has 3 rings (SSSR count). The van der Waals surface area contributed by atoms with Gasteiger partial charge in [-0.25, -0.2) is 4.79 Å². The van der Waals surface area contributed by atoms with E-state index in [9.17, 15) is 9.59 Å². The van der Waals surface area contributed by atoms with Crippen molar-refractivity contribution < 1.29 is 14.3 Å². The van der Waals surface area contributed by atoms with Gasteiger partial charge < -0.3 is 14.6 Å². The third kappa shape index (κ3) is 4.77. The van der Waals surface area contributed by atoms with E-state index in [2.05, 4.69) is 20.3 Å². The van der Waals surface area contributed by atoms with Gasteiger partial charge >= 0.3 is 5.97 Å². The predicted octanol–water partition coefficient (Wildman–Crippen LogP) is 3.39. The Hall–Kier alpha value is -3.13. The summed E-state index contributed by atoms with van der Waals surface area (Å²) in [5.41, 5.74) is 2.07. The van der Waals surface area contributed by atoms with E-state index in [1.54, 1.807) is 24.3 Å². The lowest BCUT2D eigenvalue weighted by Crippen LogP contribution is -2.12. The summed E-state index contributed by atoms with van der Waals surface area (Å²) in [5.74, 6) is 0.849. The van der Waals surface area contributed by atoms with Gasteiger partial charge in [0.1, 0.15) is 0 Å². The summed E-state index contributed by atoms with van der Waals surface area (Å²) in [5, 5.41) is 12.0. The van der Waals surface area contributed by atoms with Gasteiger partial charge in [-0.1, -0.05) is 42.1 Å². The van der Waals surface area contributed by atoms with Gasteiger partial charge in [0.2, 0.25) is 5.91 Å². The number of esters is 1. The van der Waals surface area contributed by atoms with Crippen molar-refractivity contribution in [3.63, 3.8) is 0 Å². The maximum absolute atomic E-state index is 12.1. The smallest absolute Gasteiger partial charge is 0.337 e. The Morgan fingerprint density at radius 2 is 1.79 bits per heavy atom. The zero-order valence-corrected chi connectivity index (χ0v) is 16.4. The molecule has 0 saturated heterocycles. The molecule has 0 radical (unpaired) electrons. The van der Waals surface area contributed by atoms with Crippen molar-refractivity contribution in [1.29, 1.82) is 0 Å². The molecule has 0 atom stereocenters. The van der Waals surface area contributed by atoms with Gasteiger partial charge in [-0.05, 0) is 24.3 Å². The summed E-state index contributed by atoms with van der Waals surface area (Å²) >= 11 is 1.48. The molecule has 1 amide bonds. The number of ether oxygens (including phenoxy) is 1. The third-order valence-electron chi connectivity index (χ3n) is 4.02. The Labute approximate surface area is 167 Å². The number of rotatable bonds is 7. The number of amides is 1. The van der Waals surface area contributed by atoms with E-state index in [0.29, 0.717) is 23.4 Å². The maximum atomic E-state index is 12.1. The molecule has 3 aromatic rings. The van der Waals surface area contributed by atoms with Gasteiger partial charge in [-0.15, -0.1) is 10.2 Å². The summed E-state index contributed by atoms with van der Waals surface area (Å²) in [4.78, 5) is 23.5. The molecule has 1 aromatic heterocycles. The summed E-state index contributed by atoms with van der Waals surface area (Å²) in [6.07, 6.45) is 0.330. The third-order valence-corrected chi connectivity index (χ3v) is 5.04. The van der Waals surface area contributed by atoms with Crippen LogP contribution in [0.4, 0.5) is 5.69 Å². The molecule has 0 spiro atoms. The van der Waals surface area contributed by atoms with E-state index in [1.807, 2.05) is 41.9 Å². The molecular formula is C20H20N4O3S. The van der Waals surface area contributed by atoms with Gasteiger partial charge in [-0.2, -0.15) is 0 Å². The van der Waals surface area contributed by atoms with E-state index in [4.69, 9.17) is 0 Å². The number of hydrogen-bond acceptors (Lipinski definition) is 6. The van der Waals surface area contributed by atoms with E-state index in [0.717, 1.165) is 16.5 Å². The van der Waals surface area contributed by atoms with Gasteiger partial charge in [0, 0.05) is 30.5 Å². The lowest BCUT2D eigenvalue weighted by atomic mass is 10.2. The van der Waals surface area contributed by atoms with E-state index >= 15 is 0 Å². The molecule has 1 heterocycles. The van der Waals surface area contributed by atoms with Crippen molar-refractivity contribution in [1.82, 2.24) is 14.8 Å². The number of methoxy groups -OCH3 is 1. The highest BCUT2D eigenvalue weighted by Gasteiger charge is 2.12. The van der Waals surface area contributed by atoms with E-state index in [-0.39, 0.29) is 5.91 Å². The lowest BCUT2D eigenvalue weighted by Gasteiger charge is -2.06. The number of nitrogens with one attached hydrogen (secondary N) is 1. The van der Waals surface area contributed by atoms with Crippen LogP contribution in [0.1, 0.15) is 16.8 Å². The van der Waals surface area contributed by atoms with Crippen molar-refractivity contribution in [2.45, 2.75) is 11.6 Å². The maximum Gasteiger partial charge on any atom is 0.337 e. The van der Waals surface area contributed by atoms with Crippen molar-refractivity contribution in [2.75, 3.05) is 18.2 Å². The van der Waals surface area contributed by atoms with Crippen LogP contribution < -0.4 is 5.32 Å². The Kier molecular flexibility index (Phi) is 6.44. The molecule has 7 nitrogen and oxygen atoms in total. The van der Waals surface area contributed by atoms with E-state index < -0.39 is 5.97 Å². The van der Waals surface area contributed by atoms with Crippen LogP contribution in [0.3, 0.4) is 0 Å². The van der Waals surface area contributed by atoms with E-state index in [1.165, 1.54) is 18.9 Å². The van der Waals surface area contributed by atoms with Crippen molar-refractivity contribution in [2.24, 2.45) is 7.05 Å². The summed E-state index contributed by atoms with van der Waals surface area (Å²) in [6, 6.07) is 16.4. The van der Waals surface area contributed by atoms with Crippen LogP contribution in [-0.2, 0) is 16.6 Å². The quantitative estimate of drug-likeness (QED) is 0.487. The summed E-state index contributed by atoms with van der Waals surface area (Å²) in [6.45, 7) is 0. The van der Waals surface area contributed by atoms with Crippen LogP contribution in [0.25, 0.3) is 11.4 Å². The van der Waals surface area contributed by atoms with Crippen molar-refractivity contribution in [3.05, 3.63) is 60.2 Å². The SMILES string of the molecule is COC(=O)c1ccc(NC(=O)CCSc2nnc(-c3ccccc3)n2C)cc1. The van der Waals surface area contributed by atoms with Gasteiger partial charge in [0.15, 0.2) is 11.0 Å². The fourth-order valence-electron chi connectivity index (χ4n) is 2.55. The molecule has 144 valence electrons. The van der Waals surface area contributed by atoms with Crippen LogP contribution in [0, 0.1) is 0 Å². The molecule has 0 fully saturated rings. The number of aromatic nitrogens is 3. The Morgan fingerprint density at radius 1 is 1.07 bits per heavy atom. The van der Waals surface area contributed by atoms with Crippen LogP contribution in [0.15, 0.2) is 59.8 Å². The molecule has 0 aliphatic carbocycles. The molecule has 0 saturated carbocycles. The zero-order valence-electron chi connectivity index (χ0n) is 15.6. The Morgan fingerprint density at radius 3 is 2.46 bits per heavy atom. The molecule has 0 aliphatic heterocycles. The second-order valence-electron chi connectivity index (χ2n) is 5.95. The van der Waals surface area contributed by atoms with Crippen LogP contribution in [-0.4, -0.2) is 39.5 Å². The normalized spacial score (nSPS) is 10.5. The van der Waals surface area contributed by atoms with Gasteiger partial charge in [0.05, 0.1) is 12.7 Å². The first-order valence-electron chi connectivity index (χ1n) is 8.64. The Bertz CT molecular complexity index is 955. The monoisotopic (exact) mass is 396 g/mol. The number of carbonyl (C=O) groups is 2.